The van der Waals surface area contributed by atoms with Crippen molar-refractivity contribution in [2.24, 2.45) is 0 Å². The van der Waals surface area contributed by atoms with Crippen LogP contribution in [0.1, 0.15) is 12.5 Å². The molecule has 0 bridgehead atoms. The minimum absolute atomic E-state index is 0.713. The average molecular weight is 268 g/mol. The Bertz CT molecular complexity index is 565. The number of fused-ring (bicyclic) bond motifs is 1. The molecule has 0 spiro atoms. The lowest BCUT2D eigenvalue weighted by Crippen LogP contribution is -2.33. The Morgan fingerprint density at radius 2 is 1.90 bits per heavy atom. The maximum atomic E-state index is 5.48. The van der Waals surface area contributed by atoms with Gasteiger partial charge in [-0.05, 0) is 36.8 Å². The molecule has 3 rings (SSSR count). The highest BCUT2D eigenvalue weighted by Crippen LogP contribution is 2.29. The van der Waals surface area contributed by atoms with Gasteiger partial charge in [0.2, 0.25) is 0 Å². The Morgan fingerprint density at radius 3 is 2.70 bits per heavy atom. The maximum Gasteiger partial charge on any atom is 0.119 e. The van der Waals surface area contributed by atoms with Gasteiger partial charge in [-0.3, -0.25) is 0 Å². The molecule has 2 aromatic carbocycles. The minimum atomic E-state index is 0.713. The van der Waals surface area contributed by atoms with Crippen LogP contribution in [0, 0.1) is 0 Å². The highest BCUT2D eigenvalue weighted by atomic mass is 16.5. The van der Waals surface area contributed by atoms with E-state index in [1.165, 1.54) is 16.9 Å². The molecule has 0 aliphatic carbocycles. The second-order valence-electron chi connectivity index (χ2n) is 4.94. The van der Waals surface area contributed by atoms with Gasteiger partial charge in [-0.25, -0.2) is 0 Å². The van der Waals surface area contributed by atoms with Crippen LogP contribution in [0.4, 0.5) is 11.4 Å². The molecular weight excluding hydrogens is 248 g/mol. The fourth-order valence-corrected chi connectivity index (χ4v) is 2.59. The Morgan fingerprint density at radius 1 is 1.10 bits per heavy atom. The third-order valence-corrected chi connectivity index (χ3v) is 3.55. The van der Waals surface area contributed by atoms with E-state index in [0.29, 0.717) is 6.61 Å². The van der Waals surface area contributed by atoms with E-state index in [-0.39, 0.29) is 0 Å². The maximum absolute atomic E-state index is 5.48. The molecule has 0 unspecified atom stereocenters. The molecule has 3 heteroatoms. The lowest BCUT2D eigenvalue weighted by atomic mass is 10.1. The lowest BCUT2D eigenvalue weighted by Gasteiger charge is -2.32. The van der Waals surface area contributed by atoms with E-state index in [4.69, 9.17) is 4.74 Å². The van der Waals surface area contributed by atoms with Gasteiger partial charge in [0.1, 0.15) is 5.75 Å². The van der Waals surface area contributed by atoms with Crippen LogP contribution in [0.3, 0.4) is 0 Å². The predicted molar refractivity (Wildman–Crippen MR) is 83.6 cm³/mol. The van der Waals surface area contributed by atoms with E-state index in [1.54, 1.807) is 0 Å². The van der Waals surface area contributed by atoms with Gasteiger partial charge < -0.3 is 15.0 Å². The van der Waals surface area contributed by atoms with E-state index in [1.807, 2.05) is 19.1 Å². The van der Waals surface area contributed by atoms with Crippen molar-refractivity contribution in [3.05, 3.63) is 54.1 Å². The van der Waals surface area contributed by atoms with Crippen molar-refractivity contribution in [2.45, 2.75) is 13.5 Å². The zero-order valence-corrected chi connectivity index (χ0v) is 11.8. The third-order valence-electron chi connectivity index (χ3n) is 3.55. The second-order valence-corrected chi connectivity index (χ2v) is 4.94. The summed E-state index contributed by atoms with van der Waals surface area (Å²) in [7, 11) is 0. The Hall–Kier alpha value is -2.16. The number of rotatable bonds is 4. The van der Waals surface area contributed by atoms with Crippen molar-refractivity contribution in [1.29, 1.82) is 0 Å². The normalized spacial score (nSPS) is 13.6. The summed E-state index contributed by atoms with van der Waals surface area (Å²) >= 11 is 0. The lowest BCUT2D eigenvalue weighted by molar-refractivity contribution is 0.340. The number of nitrogens with zero attached hydrogens (tertiary/aromatic N) is 1. The topological polar surface area (TPSA) is 24.5 Å². The summed E-state index contributed by atoms with van der Waals surface area (Å²) in [6.45, 7) is 5.68. The first-order valence-corrected chi connectivity index (χ1v) is 7.16. The van der Waals surface area contributed by atoms with Crippen LogP contribution in [0.15, 0.2) is 48.5 Å². The number of para-hydroxylation sites is 2. The molecule has 2 aromatic rings. The van der Waals surface area contributed by atoms with E-state index >= 15 is 0 Å². The van der Waals surface area contributed by atoms with Gasteiger partial charge in [-0.15, -0.1) is 0 Å². The van der Waals surface area contributed by atoms with Gasteiger partial charge in [0, 0.05) is 19.6 Å². The fourth-order valence-electron chi connectivity index (χ4n) is 2.59. The molecule has 20 heavy (non-hydrogen) atoms. The second kappa shape index (κ2) is 5.87. The SMILES string of the molecule is CCOc1ccc(CN2CCNc3ccccc32)cc1. The van der Waals surface area contributed by atoms with Crippen molar-refractivity contribution >= 4 is 11.4 Å². The fraction of sp³-hybridized carbons (Fsp3) is 0.294. The van der Waals surface area contributed by atoms with Gasteiger partial charge in [0.25, 0.3) is 0 Å². The zero-order valence-electron chi connectivity index (χ0n) is 11.8. The summed E-state index contributed by atoms with van der Waals surface area (Å²) in [5.41, 5.74) is 3.82. The highest BCUT2D eigenvalue weighted by Gasteiger charge is 2.15. The molecule has 1 N–H and O–H groups in total. The first-order valence-electron chi connectivity index (χ1n) is 7.16. The van der Waals surface area contributed by atoms with Crippen LogP contribution in [-0.4, -0.2) is 19.7 Å². The predicted octanol–water partition coefficient (Wildman–Crippen LogP) is 3.52. The summed E-state index contributed by atoms with van der Waals surface area (Å²) in [4.78, 5) is 2.42. The van der Waals surface area contributed by atoms with Crippen LogP contribution >= 0.6 is 0 Å². The Labute approximate surface area is 120 Å². The van der Waals surface area contributed by atoms with E-state index in [2.05, 4.69) is 46.6 Å². The summed E-state index contributed by atoms with van der Waals surface area (Å²) in [5.74, 6) is 0.942. The number of hydrogen-bond acceptors (Lipinski definition) is 3. The van der Waals surface area contributed by atoms with Crippen LogP contribution in [-0.2, 0) is 6.54 Å². The van der Waals surface area contributed by atoms with E-state index < -0.39 is 0 Å². The minimum Gasteiger partial charge on any atom is -0.494 e. The molecule has 0 saturated carbocycles. The first kappa shape index (κ1) is 12.9. The summed E-state index contributed by atoms with van der Waals surface area (Å²) < 4.78 is 5.48. The van der Waals surface area contributed by atoms with Gasteiger partial charge in [-0.1, -0.05) is 24.3 Å². The van der Waals surface area contributed by atoms with Crippen molar-refractivity contribution in [1.82, 2.24) is 0 Å². The molecule has 0 amide bonds. The third kappa shape index (κ3) is 2.72. The van der Waals surface area contributed by atoms with Crippen molar-refractivity contribution in [3.63, 3.8) is 0 Å². The largest absolute Gasteiger partial charge is 0.494 e. The van der Waals surface area contributed by atoms with Crippen molar-refractivity contribution in [3.8, 4) is 5.75 Å². The van der Waals surface area contributed by atoms with Crippen LogP contribution < -0.4 is 15.0 Å². The van der Waals surface area contributed by atoms with Gasteiger partial charge >= 0.3 is 0 Å². The molecule has 0 aromatic heterocycles. The van der Waals surface area contributed by atoms with Crippen LogP contribution in [0.25, 0.3) is 0 Å². The number of hydrogen-bond donors (Lipinski definition) is 1. The van der Waals surface area contributed by atoms with Crippen molar-refractivity contribution in [2.75, 3.05) is 29.9 Å². The highest BCUT2D eigenvalue weighted by molar-refractivity contribution is 5.71. The van der Waals surface area contributed by atoms with Gasteiger partial charge in [-0.2, -0.15) is 0 Å². The molecule has 0 fully saturated rings. The molecular formula is C17H20N2O. The van der Waals surface area contributed by atoms with Crippen molar-refractivity contribution < 1.29 is 4.74 Å². The van der Waals surface area contributed by atoms with E-state index in [9.17, 15) is 0 Å². The average Bonchev–Trinajstić information content (AvgIpc) is 2.50. The Kier molecular flexibility index (Phi) is 3.77. The van der Waals surface area contributed by atoms with Crippen LogP contribution in [0.5, 0.6) is 5.75 Å². The van der Waals surface area contributed by atoms with E-state index in [0.717, 1.165) is 25.4 Å². The monoisotopic (exact) mass is 268 g/mol. The van der Waals surface area contributed by atoms with Crippen LogP contribution in [0.2, 0.25) is 0 Å². The molecule has 0 radical (unpaired) electrons. The summed E-state index contributed by atoms with van der Waals surface area (Å²) in [5, 5.41) is 3.44. The molecule has 0 saturated heterocycles. The first-order chi connectivity index (χ1) is 9.86. The number of benzene rings is 2. The molecule has 1 aliphatic heterocycles. The van der Waals surface area contributed by atoms with Gasteiger partial charge in [0.05, 0.1) is 18.0 Å². The molecule has 3 nitrogen and oxygen atoms in total. The standard InChI is InChI=1S/C17H20N2O/c1-2-20-15-9-7-14(8-10-15)13-19-12-11-18-16-5-3-4-6-17(16)19/h3-10,18H,2,11-13H2,1H3. The molecule has 104 valence electrons. The molecule has 1 aliphatic rings. The summed E-state index contributed by atoms with van der Waals surface area (Å²) in [6, 6.07) is 16.9. The molecule has 0 atom stereocenters. The smallest absolute Gasteiger partial charge is 0.119 e. The zero-order chi connectivity index (χ0) is 13.8. The number of anilines is 2. The molecule has 1 heterocycles. The Balaban J connectivity index is 1.75. The number of ether oxygens (including phenoxy) is 1. The quantitative estimate of drug-likeness (QED) is 0.918. The van der Waals surface area contributed by atoms with Gasteiger partial charge in [0.15, 0.2) is 0 Å². The summed E-state index contributed by atoms with van der Waals surface area (Å²) in [6.07, 6.45) is 0. The number of nitrogens with one attached hydrogen (secondary N) is 1.